The van der Waals surface area contributed by atoms with Gasteiger partial charge in [0, 0.05) is 12.1 Å². The Kier molecular flexibility index (Phi) is 4.10. The lowest BCUT2D eigenvalue weighted by atomic mass is 10.1. The van der Waals surface area contributed by atoms with E-state index in [1.165, 1.54) is 22.3 Å². The number of aryl methyl sites for hydroxylation is 3. The number of ether oxygens (including phenoxy) is 1. The minimum absolute atomic E-state index is 0.689. The van der Waals surface area contributed by atoms with Crippen molar-refractivity contribution >= 4 is 5.69 Å². The van der Waals surface area contributed by atoms with E-state index in [0.717, 1.165) is 17.9 Å². The van der Waals surface area contributed by atoms with Crippen molar-refractivity contribution in [2.45, 2.75) is 27.2 Å². The molecule has 2 nitrogen and oxygen atoms in total. The maximum Gasteiger partial charge on any atom is 0.125 e. The molecule has 0 aliphatic heterocycles. The van der Waals surface area contributed by atoms with Crippen LogP contribution in [0, 0.1) is 20.8 Å². The Morgan fingerprint density at radius 3 is 2.11 bits per heavy atom. The molecule has 2 aromatic carbocycles. The molecule has 0 saturated carbocycles. The van der Waals surface area contributed by atoms with E-state index >= 15 is 0 Å². The van der Waals surface area contributed by atoms with Gasteiger partial charge in [-0.3, -0.25) is 0 Å². The molecule has 0 saturated heterocycles. The van der Waals surface area contributed by atoms with E-state index in [1.807, 2.05) is 24.3 Å². The summed E-state index contributed by atoms with van der Waals surface area (Å²) in [4.78, 5) is 0. The number of rotatable bonds is 4. The zero-order valence-electron chi connectivity index (χ0n) is 11.9. The second-order valence-electron chi connectivity index (χ2n) is 5.07. The van der Waals surface area contributed by atoms with E-state index in [1.54, 1.807) is 0 Å². The Morgan fingerprint density at radius 2 is 1.53 bits per heavy atom. The third kappa shape index (κ3) is 3.50. The highest BCUT2D eigenvalue weighted by molar-refractivity contribution is 5.43. The van der Waals surface area contributed by atoms with Crippen LogP contribution in [0.25, 0.3) is 0 Å². The fraction of sp³-hybridized carbons (Fsp3) is 0.294. The van der Waals surface area contributed by atoms with Crippen LogP contribution in [0.5, 0.6) is 5.75 Å². The summed E-state index contributed by atoms with van der Waals surface area (Å²) < 4.78 is 5.93. The summed E-state index contributed by atoms with van der Waals surface area (Å²) in [6.45, 7) is 6.99. The molecule has 2 heteroatoms. The van der Waals surface area contributed by atoms with Crippen molar-refractivity contribution in [2.75, 3.05) is 12.3 Å². The molecule has 100 valence electrons. The van der Waals surface area contributed by atoms with Crippen LogP contribution < -0.4 is 10.5 Å². The van der Waals surface area contributed by atoms with E-state index in [-0.39, 0.29) is 0 Å². The topological polar surface area (TPSA) is 35.2 Å². The van der Waals surface area contributed by atoms with Gasteiger partial charge in [-0.05, 0) is 49.6 Å². The lowest BCUT2D eigenvalue weighted by Gasteiger charge is -2.13. The number of hydrogen-bond acceptors (Lipinski definition) is 2. The van der Waals surface area contributed by atoms with E-state index in [0.29, 0.717) is 6.61 Å². The van der Waals surface area contributed by atoms with Crippen LogP contribution in [0.3, 0.4) is 0 Å². The first kappa shape index (κ1) is 13.5. The second-order valence-corrected chi connectivity index (χ2v) is 5.07. The fourth-order valence-corrected chi connectivity index (χ4v) is 2.35. The summed E-state index contributed by atoms with van der Waals surface area (Å²) in [6, 6.07) is 12.3. The van der Waals surface area contributed by atoms with Gasteiger partial charge >= 0.3 is 0 Å². The first-order valence-corrected chi connectivity index (χ1v) is 6.61. The van der Waals surface area contributed by atoms with E-state index in [9.17, 15) is 0 Å². The minimum Gasteiger partial charge on any atom is -0.493 e. The fourth-order valence-electron chi connectivity index (χ4n) is 2.35. The highest BCUT2D eigenvalue weighted by atomic mass is 16.5. The standard InChI is InChI=1S/C17H21NO/c1-12-10-13(2)17(14(3)11-12)19-9-8-15-4-6-16(18)7-5-15/h4-7,10-11H,8-9,18H2,1-3H3. The van der Waals surface area contributed by atoms with Gasteiger partial charge in [0.25, 0.3) is 0 Å². The summed E-state index contributed by atoms with van der Waals surface area (Å²) in [6.07, 6.45) is 0.896. The molecular weight excluding hydrogens is 234 g/mol. The third-order valence-electron chi connectivity index (χ3n) is 3.22. The van der Waals surface area contributed by atoms with Gasteiger partial charge in [-0.25, -0.2) is 0 Å². The third-order valence-corrected chi connectivity index (χ3v) is 3.22. The first-order valence-electron chi connectivity index (χ1n) is 6.61. The summed E-state index contributed by atoms with van der Waals surface area (Å²) >= 11 is 0. The molecular formula is C17H21NO. The predicted molar refractivity (Wildman–Crippen MR) is 80.7 cm³/mol. The minimum atomic E-state index is 0.689. The van der Waals surface area contributed by atoms with Gasteiger partial charge in [0.1, 0.15) is 5.75 Å². The molecule has 0 heterocycles. The number of nitrogen functional groups attached to an aromatic ring is 1. The van der Waals surface area contributed by atoms with Gasteiger partial charge in [0.2, 0.25) is 0 Å². The van der Waals surface area contributed by atoms with Gasteiger partial charge in [0.05, 0.1) is 6.61 Å². The molecule has 0 spiro atoms. The number of nitrogens with two attached hydrogens (primary N) is 1. The van der Waals surface area contributed by atoms with E-state index in [4.69, 9.17) is 10.5 Å². The van der Waals surface area contributed by atoms with Gasteiger partial charge < -0.3 is 10.5 Å². The monoisotopic (exact) mass is 255 g/mol. The van der Waals surface area contributed by atoms with Crippen LogP contribution in [0.1, 0.15) is 22.3 Å². The lowest BCUT2D eigenvalue weighted by Crippen LogP contribution is -2.04. The van der Waals surface area contributed by atoms with Crippen molar-refractivity contribution in [3.8, 4) is 5.75 Å². The molecule has 2 rings (SSSR count). The summed E-state index contributed by atoms with van der Waals surface area (Å²) in [5.74, 6) is 1.01. The van der Waals surface area contributed by atoms with Crippen LogP contribution in [0.4, 0.5) is 5.69 Å². The molecule has 2 N–H and O–H groups in total. The maximum absolute atomic E-state index is 5.93. The van der Waals surface area contributed by atoms with Crippen molar-refractivity contribution in [3.05, 3.63) is 58.7 Å². The highest BCUT2D eigenvalue weighted by Gasteiger charge is 2.05. The zero-order valence-corrected chi connectivity index (χ0v) is 11.9. The van der Waals surface area contributed by atoms with Gasteiger partial charge in [0.15, 0.2) is 0 Å². The molecule has 0 aliphatic carbocycles. The molecule has 0 aliphatic rings. The van der Waals surface area contributed by atoms with Crippen LogP contribution in [-0.2, 0) is 6.42 Å². The Labute approximate surface area is 115 Å². The Morgan fingerprint density at radius 1 is 0.947 bits per heavy atom. The van der Waals surface area contributed by atoms with Crippen molar-refractivity contribution in [1.82, 2.24) is 0 Å². The Bertz CT molecular complexity index is 535. The number of hydrogen-bond donors (Lipinski definition) is 1. The SMILES string of the molecule is Cc1cc(C)c(OCCc2ccc(N)cc2)c(C)c1. The molecule has 0 amide bonds. The van der Waals surface area contributed by atoms with Crippen LogP contribution in [0.15, 0.2) is 36.4 Å². The summed E-state index contributed by atoms with van der Waals surface area (Å²) in [5, 5.41) is 0. The molecule has 0 fully saturated rings. The molecule has 0 atom stereocenters. The Hall–Kier alpha value is -1.96. The number of anilines is 1. The van der Waals surface area contributed by atoms with Crippen LogP contribution in [0.2, 0.25) is 0 Å². The molecule has 0 aromatic heterocycles. The molecule has 19 heavy (non-hydrogen) atoms. The quantitative estimate of drug-likeness (QED) is 0.843. The Balaban J connectivity index is 1.98. The average molecular weight is 255 g/mol. The summed E-state index contributed by atoms with van der Waals surface area (Å²) in [5.41, 5.74) is 11.4. The lowest BCUT2D eigenvalue weighted by molar-refractivity contribution is 0.317. The molecule has 0 unspecified atom stereocenters. The van der Waals surface area contributed by atoms with Crippen molar-refractivity contribution < 1.29 is 4.74 Å². The number of benzene rings is 2. The van der Waals surface area contributed by atoms with Crippen LogP contribution >= 0.6 is 0 Å². The second kappa shape index (κ2) is 5.79. The van der Waals surface area contributed by atoms with Gasteiger partial charge in [-0.15, -0.1) is 0 Å². The molecule has 0 bridgehead atoms. The first-order chi connectivity index (χ1) is 9.06. The van der Waals surface area contributed by atoms with Gasteiger partial charge in [-0.2, -0.15) is 0 Å². The maximum atomic E-state index is 5.93. The zero-order chi connectivity index (χ0) is 13.8. The summed E-state index contributed by atoms with van der Waals surface area (Å²) in [7, 11) is 0. The van der Waals surface area contributed by atoms with Crippen LogP contribution in [-0.4, -0.2) is 6.61 Å². The highest BCUT2D eigenvalue weighted by Crippen LogP contribution is 2.24. The van der Waals surface area contributed by atoms with Crippen molar-refractivity contribution in [1.29, 1.82) is 0 Å². The van der Waals surface area contributed by atoms with Crippen molar-refractivity contribution in [3.63, 3.8) is 0 Å². The van der Waals surface area contributed by atoms with Gasteiger partial charge in [-0.1, -0.05) is 29.8 Å². The molecule has 0 radical (unpaired) electrons. The normalized spacial score (nSPS) is 10.5. The largest absolute Gasteiger partial charge is 0.493 e. The van der Waals surface area contributed by atoms with Crippen molar-refractivity contribution in [2.24, 2.45) is 0 Å². The smallest absolute Gasteiger partial charge is 0.125 e. The molecule has 2 aromatic rings. The average Bonchev–Trinajstić information content (AvgIpc) is 2.34. The van der Waals surface area contributed by atoms with E-state index < -0.39 is 0 Å². The van der Waals surface area contributed by atoms with E-state index in [2.05, 4.69) is 32.9 Å². The predicted octanol–water partition coefficient (Wildman–Crippen LogP) is 3.82.